The van der Waals surface area contributed by atoms with Crippen LogP contribution in [-0.2, 0) is 16.1 Å². The molecule has 0 radical (unpaired) electrons. The molecule has 1 aromatic rings. The molecule has 0 spiro atoms. The molecule has 0 fully saturated rings. The molecule has 1 aromatic carbocycles. The summed E-state index contributed by atoms with van der Waals surface area (Å²) in [6, 6.07) is 8.50. The first-order chi connectivity index (χ1) is 6.74. The van der Waals surface area contributed by atoms with Crippen molar-refractivity contribution in [2.75, 3.05) is 13.9 Å². The van der Waals surface area contributed by atoms with E-state index in [0.717, 1.165) is 0 Å². The Labute approximate surface area is 85.8 Å². The molecule has 0 aliphatic carbocycles. The van der Waals surface area contributed by atoms with Gasteiger partial charge in [0.2, 0.25) is 0 Å². The summed E-state index contributed by atoms with van der Waals surface area (Å²) in [6.45, 7) is 5.35. The van der Waals surface area contributed by atoms with Crippen LogP contribution in [0.3, 0.4) is 0 Å². The number of hydrogen-bond acceptors (Lipinski definition) is 2. The van der Waals surface area contributed by atoms with E-state index >= 15 is 0 Å². The van der Waals surface area contributed by atoms with Gasteiger partial charge in [-0.1, -0.05) is 38.1 Å². The van der Waals surface area contributed by atoms with Crippen LogP contribution in [0.25, 0.3) is 0 Å². The minimum Gasteiger partial charge on any atom is -0.359 e. The largest absolute Gasteiger partial charge is 0.359 e. The Balaban J connectivity index is 2.47. The van der Waals surface area contributed by atoms with E-state index in [4.69, 9.17) is 9.47 Å². The zero-order chi connectivity index (χ0) is 10.4. The predicted molar refractivity (Wildman–Crippen MR) is 57.2 cm³/mol. The third-order valence-corrected chi connectivity index (χ3v) is 2.12. The predicted octanol–water partition coefficient (Wildman–Crippen LogP) is 2.93. The molecular formula is C12H18O2. The Morgan fingerprint density at radius 2 is 1.79 bits per heavy atom. The van der Waals surface area contributed by atoms with E-state index in [1.165, 1.54) is 11.1 Å². The fourth-order valence-electron chi connectivity index (χ4n) is 1.24. The van der Waals surface area contributed by atoms with Gasteiger partial charge in [-0.15, -0.1) is 0 Å². The Kier molecular flexibility index (Phi) is 4.63. The van der Waals surface area contributed by atoms with Gasteiger partial charge in [-0.05, 0) is 17.0 Å². The molecule has 0 bridgehead atoms. The summed E-state index contributed by atoms with van der Waals surface area (Å²) in [7, 11) is 1.63. The molecule has 0 aliphatic rings. The van der Waals surface area contributed by atoms with Crippen molar-refractivity contribution in [2.24, 2.45) is 0 Å². The van der Waals surface area contributed by atoms with Crippen molar-refractivity contribution in [3.05, 3.63) is 35.4 Å². The van der Waals surface area contributed by atoms with Gasteiger partial charge in [-0.3, -0.25) is 0 Å². The van der Waals surface area contributed by atoms with Crippen molar-refractivity contribution < 1.29 is 9.47 Å². The van der Waals surface area contributed by atoms with Gasteiger partial charge in [0.15, 0.2) is 0 Å². The van der Waals surface area contributed by atoms with Crippen LogP contribution in [0.4, 0.5) is 0 Å². The zero-order valence-corrected chi connectivity index (χ0v) is 9.12. The number of hydrogen-bond donors (Lipinski definition) is 0. The van der Waals surface area contributed by atoms with E-state index < -0.39 is 0 Å². The Hall–Kier alpha value is -0.860. The van der Waals surface area contributed by atoms with Crippen molar-refractivity contribution in [1.82, 2.24) is 0 Å². The van der Waals surface area contributed by atoms with Crippen molar-refractivity contribution in [3.8, 4) is 0 Å². The van der Waals surface area contributed by atoms with Crippen LogP contribution in [-0.4, -0.2) is 13.9 Å². The first-order valence-electron chi connectivity index (χ1n) is 4.89. The summed E-state index contributed by atoms with van der Waals surface area (Å²) in [5.41, 5.74) is 2.55. The smallest absolute Gasteiger partial charge is 0.146 e. The van der Waals surface area contributed by atoms with E-state index in [-0.39, 0.29) is 0 Å². The van der Waals surface area contributed by atoms with Crippen molar-refractivity contribution >= 4 is 0 Å². The summed E-state index contributed by atoms with van der Waals surface area (Å²) in [4.78, 5) is 0. The monoisotopic (exact) mass is 194 g/mol. The van der Waals surface area contributed by atoms with E-state index in [9.17, 15) is 0 Å². The van der Waals surface area contributed by atoms with Crippen molar-refractivity contribution in [1.29, 1.82) is 0 Å². The summed E-state index contributed by atoms with van der Waals surface area (Å²) in [5, 5.41) is 0. The van der Waals surface area contributed by atoms with Gasteiger partial charge in [-0.25, -0.2) is 0 Å². The summed E-state index contributed by atoms with van der Waals surface area (Å²) in [6.07, 6.45) is 0. The number of ether oxygens (including phenoxy) is 2. The topological polar surface area (TPSA) is 18.5 Å². The lowest BCUT2D eigenvalue weighted by molar-refractivity contribution is -0.0390. The standard InChI is InChI=1S/C12H18O2/c1-10(2)12-6-4-11(5-7-12)8-14-9-13-3/h4-7,10H,8-9H2,1-3H3. The highest BCUT2D eigenvalue weighted by Crippen LogP contribution is 2.14. The van der Waals surface area contributed by atoms with E-state index in [1.807, 2.05) is 0 Å². The maximum Gasteiger partial charge on any atom is 0.146 e. The van der Waals surface area contributed by atoms with Crippen LogP contribution in [0, 0.1) is 0 Å². The highest BCUT2D eigenvalue weighted by Gasteiger charge is 1.98. The minimum absolute atomic E-state index is 0.353. The van der Waals surface area contributed by atoms with Crippen LogP contribution in [0.1, 0.15) is 30.9 Å². The average molecular weight is 194 g/mol. The third-order valence-electron chi connectivity index (χ3n) is 2.12. The van der Waals surface area contributed by atoms with Crippen LogP contribution in [0.15, 0.2) is 24.3 Å². The van der Waals surface area contributed by atoms with Crippen LogP contribution in [0.5, 0.6) is 0 Å². The molecule has 0 saturated carbocycles. The number of benzene rings is 1. The molecule has 0 amide bonds. The van der Waals surface area contributed by atoms with Gasteiger partial charge < -0.3 is 9.47 Å². The molecule has 14 heavy (non-hydrogen) atoms. The summed E-state index contributed by atoms with van der Waals surface area (Å²) < 4.78 is 10.1. The molecular weight excluding hydrogens is 176 g/mol. The van der Waals surface area contributed by atoms with Gasteiger partial charge in [0.1, 0.15) is 6.79 Å². The molecule has 2 nitrogen and oxygen atoms in total. The van der Waals surface area contributed by atoms with Crippen LogP contribution < -0.4 is 0 Å². The van der Waals surface area contributed by atoms with Crippen LogP contribution in [0.2, 0.25) is 0 Å². The molecule has 78 valence electrons. The highest BCUT2D eigenvalue weighted by atomic mass is 16.7. The van der Waals surface area contributed by atoms with Crippen molar-refractivity contribution in [2.45, 2.75) is 26.4 Å². The highest BCUT2D eigenvalue weighted by molar-refractivity contribution is 5.24. The van der Waals surface area contributed by atoms with Gasteiger partial charge in [0.25, 0.3) is 0 Å². The second-order valence-corrected chi connectivity index (χ2v) is 3.65. The molecule has 0 unspecified atom stereocenters. The molecule has 0 saturated heterocycles. The maximum absolute atomic E-state index is 5.25. The average Bonchev–Trinajstić information content (AvgIpc) is 2.19. The fraction of sp³-hybridized carbons (Fsp3) is 0.500. The number of methoxy groups -OCH3 is 1. The van der Waals surface area contributed by atoms with Gasteiger partial charge in [0, 0.05) is 7.11 Å². The Morgan fingerprint density at radius 3 is 2.29 bits per heavy atom. The van der Waals surface area contributed by atoms with Gasteiger partial charge >= 0.3 is 0 Å². The molecule has 0 N–H and O–H groups in total. The zero-order valence-electron chi connectivity index (χ0n) is 9.12. The lowest BCUT2D eigenvalue weighted by Crippen LogP contribution is -1.97. The van der Waals surface area contributed by atoms with E-state index in [0.29, 0.717) is 19.3 Å². The van der Waals surface area contributed by atoms with Crippen LogP contribution >= 0.6 is 0 Å². The first kappa shape index (κ1) is 11.2. The minimum atomic E-state index is 0.353. The lowest BCUT2D eigenvalue weighted by Gasteiger charge is -2.07. The third kappa shape index (κ3) is 3.48. The molecule has 1 rings (SSSR count). The lowest BCUT2D eigenvalue weighted by atomic mass is 10.0. The van der Waals surface area contributed by atoms with E-state index in [1.54, 1.807) is 7.11 Å². The van der Waals surface area contributed by atoms with Gasteiger partial charge in [0.05, 0.1) is 6.61 Å². The molecule has 2 heteroatoms. The number of rotatable bonds is 5. The summed E-state index contributed by atoms with van der Waals surface area (Å²) in [5.74, 6) is 0.587. The van der Waals surface area contributed by atoms with Crippen molar-refractivity contribution in [3.63, 3.8) is 0 Å². The molecule has 0 aromatic heterocycles. The second kappa shape index (κ2) is 5.78. The quantitative estimate of drug-likeness (QED) is 0.530. The van der Waals surface area contributed by atoms with E-state index in [2.05, 4.69) is 38.1 Å². The normalized spacial score (nSPS) is 10.9. The molecule has 0 atom stereocenters. The molecule has 0 heterocycles. The second-order valence-electron chi connectivity index (χ2n) is 3.65. The Morgan fingerprint density at radius 1 is 1.14 bits per heavy atom. The summed E-state index contributed by atoms with van der Waals surface area (Å²) >= 11 is 0. The fourth-order valence-corrected chi connectivity index (χ4v) is 1.24. The SMILES string of the molecule is COCOCc1ccc(C(C)C)cc1. The maximum atomic E-state index is 5.25. The molecule has 0 aliphatic heterocycles. The van der Waals surface area contributed by atoms with Gasteiger partial charge in [-0.2, -0.15) is 0 Å². The first-order valence-corrected chi connectivity index (χ1v) is 4.89. The Bertz CT molecular complexity index is 252.